The van der Waals surface area contributed by atoms with Crippen LogP contribution >= 0.6 is 0 Å². The Kier molecular flexibility index (Phi) is 2.77. The summed E-state index contributed by atoms with van der Waals surface area (Å²) in [4.78, 5) is 0. The van der Waals surface area contributed by atoms with Gasteiger partial charge in [-0.1, -0.05) is 32.9 Å². The van der Waals surface area contributed by atoms with Crippen molar-refractivity contribution in [1.82, 2.24) is 0 Å². The van der Waals surface area contributed by atoms with E-state index in [9.17, 15) is 0 Å². The Morgan fingerprint density at radius 3 is 2.43 bits per heavy atom. The molecule has 2 heteroatoms. The minimum atomic E-state index is 0.142. The summed E-state index contributed by atoms with van der Waals surface area (Å²) >= 11 is 0. The maximum Gasteiger partial charge on any atom is 0.132 e. The summed E-state index contributed by atoms with van der Waals surface area (Å²) in [5.74, 6) is 0.491. The molecule has 0 bridgehead atoms. The summed E-state index contributed by atoms with van der Waals surface area (Å²) in [6.07, 6.45) is 4.80. The molecule has 1 unspecified atom stereocenters. The molecular formula is C12H14N2. The zero-order valence-electron chi connectivity index (χ0n) is 8.83. The first kappa shape index (κ1) is 10.5. The summed E-state index contributed by atoms with van der Waals surface area (Å²) in [5.41, 5.74) is 1.27. The van der Waals surface area contributed by atoms with Gasteiger partial charge in [-0.2, -0.15) is 10.5 Å². The molecule has 1 atom stereocenters. The molecule has 0 spiro atoms. The van der Waals surface area contributed by atoms with Crippen LogP contribution in [-0.4, -0.2) is 0 Å². The molecule has 0 aromatic heterocycles. The maximum atomic E-state index is 8.75. The van der Waals surface area contributed by atoms with Gasteiger partial charge in [0.2, 0.25) is 0 Å². The van der Waals surface area contributed by atoms with E-state index in [2.05, 4.69) is 26.8 Å². The number of hydrogen-bond acceptors (Lipinski definition) is 2. The van der Waals surface area contributed by atoms with Crippen LogP contribution in [0.3, 0.4) is 0 Å². The minimum Gasteiger partial charge on any atom is -0.192 e. The quantitative estimate of drug-likeness (QED) is 0.546. The Hall–Kier alpha value is -1.54. The molecule has 1 aliphatic rings. The Morgan fingerprint density at radius 2 is 2.00 bits per heavy atom. The minimum absolute atomic E-state index is 0.142. The monoisotopic (exact) mass is 186 g/mol. The molecule has 2 nitrogen and oxygen atoms in total. The van der Waals surface area contributed by atoms with Gasteiger partial charge >= 0.3 is 0 Å². The molecule has 0 saturated heterocycles. The molecule has 1 aliphatic carbocycles. The van der Waals surface area contributed by atoms with E-state index in [0.29, 0.717) is 5.92 Å². The predicted molar refractivity (Wildman–Crippen MR) is 55.0 cm³/mol. The lowest BCUT2D eigenvalue weighted by Gasteiger charge is -2.33. The molecule has 0 fully saturated rings. The lowest BCUT2D eigenvalue weighted by atomic mass is 9.71. The normalized spacial score (nSPS) is 23.8. The second kappa shape index (κ2) is 3.68. The topological polar surface area (TPSA) is 47.6 Å². The van der Waals surface area contributed by atoms with Gasteiger partial charge in [0.15, 0.2) is 0 Å². The van der Waals surface area contributed by atoms with E-state index in [1.54, 1.807) is 0 Å². The predicted octanol–water partition coefficient (Wildman–Crippen LogP) is 2.95. The lowest BCUT2D eigenvalue weighted by molar-refractivity contribution is 0.268. The Balaban J connectivity index is 3.12. The number of nitrogens with zero attached hydrogens (tertiary/aromatic N) is 2. The number of hydrogen-bond donors (Lipinski definition) is 0. The Labute approximate surface area is 85.2 Å². The molecule has 0 radical (unpaired) electrons. The molecule has 0 aromatic rings. The molecular weight excluding hydrogens is 172 g/mol. The largest absolute Gasteiger partial charge is 0.192 e. The smallest absolute Gasteiger partial charge is 0.132 e. The third-order valence-electron chi connectivity index (χ3n) is 3.01. The first-order valence-corrected chi connectivity index (χ1v) is 4.73. The third-order valence-corrected chi connectivity index (χ3v) is 3.01. The maximum absolute atomic E-state index is 8.75. The van der Waals surface area contributed by atoms with Gasteiger partial charge in [0.1, 0.15) is 17.7 Å². The zero-order chi connectivity index (χ0) is 10.8. The van der Waals surface area contributed by atoms with Gasteiger partial charge in [0.05, 0.1) is 0 Å². The highest BCUT2D eigenvalue weighted by Crippen LogP contribution is 2.39. The van der Waals surface area contributed by atoms with Crippen LogP contribution in [0.25, 0.3) is 0 Å². The fourth-order valence-electron chi connectivity index (χ4n) is 1.57. The van der Waals surface area contributed by atoms with Gasteiger partial charge in [-0.05, 0) is 23.3 Å². The van der Waals surface area contributed by atoms with Crippen LogP contribution < -0.4 is 0 Å². The van der Waals surface area contributed by atoms with Crippen LogP contribution in [0.1, 0.15) is 27.2 Å². The average Bonchev–Trinajstić information content (AvgIpc) is 2.13. The van der Waals surface area contributed by atoms with Crippen molar-refractivity contribution >= 4 is 0 Å². The van der Waals surface area contributed by atoms with E-state index in [0.717, 1.165) is 12.0 Å². The van der Waals surface area contributed by atoms with Crippen molar-refractivity contribution in [3.63, 3.8) is 0 Å². The number of rotatable bonds is 0. The summed E-state index contributed by atoms with van der Waals surface area (Å²) in [5, 5.41) is 17.5. The third kappa shape index (κ3) is 1.86. The van der Waals surface area contributed by atoms with E-state index in [-0.39, 0.29) is 11.0 Å². The highest BCUT2D eigenvalue weighted by atomic mass is 14.4. The van der Waals surface area contributed by atoms with Crippen molar-refractivity contribution in [3.05, 3.63) is 23.3 Å². The van der Waals surface area contributed by atoms with Crippen molar-refractivity contribution < 1.29 is 0 Å². The molecule has 72 valence electrons. The van der Waals surface area contributed by atoms with E-state index in [1.807, 2.05) is 18.2 Å². The molecule has 1 rings (SSSR count). The Bertz CT molecular complexity index is 356. The highest BCUT2D eigenvalue weighted by Gasteiger charge is 2.29. The summed E-state index contributed by atoms with van der Waals surface area (Å²) in [7, 11) is 0. The highest BCUT2D eigenvalue weighted by molar-refractivity contribution is 5.46. The fourth-order valence-corrected chi connectivity index (χ4v) is 1.57. The molecule has 0 saturated carbocycles. The lowest BCUT2D eigenvalue weighted by Crippen LogP contribution is -2.23. The summed E-state index contributed by atoms with van der Waals surface area (Å²) < 4.78 is 0. The summed E-state index contributed by atoms with van der Waals surface area (Å²) in [6.45, 7) is 6.48. The SMILES string of the molecule is CC1C=CC(=C(C#N)C#N)CC1(C)C. The van der Waals surface area contributed by atoms with Crippen LogP contribution in [0, 0.1) is 34.0 Å². The zero-order valence-corrected chi connectivity index (χ0v) is 8.83. The van der Waals surface area contributed by atoms with Gasteiger partial charge in [-0.15, -0.1) is 0 Å². The first-order valence-electron chi connectivity index (χ1n) is 4.73. The van der Waals surface area contributed by atoms with Crippen molar-refractivity contribution in [2.24, 2.45) is 11.3 Å². The molecule has 0 amide bonds. The molecule has 0 aromatic carbocycles. The second-order valence-corrected chi connectivity index (χ2v) is 4.44. The van der Waals surface area contributed by atoms with Crippen LogP contribution in [-0.2, 0) is 0 Å². The Morgan fingerprint density at radius 1 is 1.43 bits per heavy atom. The van der Waals surface area contributed by atoms with Gasteiger partial charge in [-0.3, -0.25) is 0 Å². The van der Waals surface area contributed by atoms with Crippen LogP contribution in [0.5, 0.6) is 0 Å². The standard InChI is InChI=1S/C12H14N2/c1-9-4-5-10(6-12(9,2)3)11(7-13)8-14/h4-5,9H,6H2,1-3H3. The average molecular weight is 186 g/mol. The number of nitriles is 2. The summed E-state index contributed by atoms with van der Waals surface area (Å²) in [6, 6.07) is 3.88. The number of allylic oxidation sites excluding steroid dienone is 4. The van der Waals surface area contributed by atoms with Gasteiger partial charge < -0.3 is 0 Å². The van der Waals surface area contributed by atoms with E-state index >= 15 is 0 Å². The van der Waals surface area contributed by atoms with Gasteiger partial charge in [0, 0.05) is 0 Å². The second-order valence-electron chi connectivity index (χ2n) is 4.44. The first-order chi connectivity index (χ1) is 6.51. The fraction of sp³-hybridized carbons (Fsp3) is 0.500. The van der Waals surface area contributed by atoms with E-state index < -0.39 is 0 Å². The van der Waals surface area contributed by atoms with Crippen molar-refractivity contribution in [2.75, 3.05) is 0 Å². The van der Waals surface area contributed by atoms with Gasteiger partial charge in [0.25, 0.3) is 0 Å². The van der Waals surface area contributed by atoms with Crippen LogP contribution in [0.4, 0.5) is 0 Å². The van der Waals surface area contributed by atoms with Crippen molar-refractivity contribution in [3.8, 4) is 12.1 Å². The van der Waals surface area contributed by atoms with Gasteiger partial charge in [-0.25, -0.2) is 0 Å². The van der Waals surface area contributed by atoms with Crippen molar-refractivity contribution in [2.45, 2.75) is 27.2 Å². The molecule has 0 N–H and O–H groups in total. The van der Waals surface area contributed by atoms with Crippen LogP contribution in [0.2, 0.25) is 0 Å². The molecule has 14 heavy (non-hydrogen) atoms. The van der Waals surface area contributed by atoms with E-state index in [1.165, 1.54) is 0 Å². The molecule has 0 aliphatic heterocycles. The van der Waals surface area contributed by atoms with E-state index in [4.69, 9.17) is 10.5 Å². The van der Waals surface area contributed by atoms with Crippen molar-refractivity contribution in [1.29, 1.82) is 10.5 Å². The molecule has 0 heterocycles. The van der Waals surface area contributed by atoms with Crippen LogP contribution in [0.15, 0.2) is 23.3 Å².